The number of benzene rings is 2. The normalized spacial score (nSPS) is 9.71. The van der Waals surface area contributed by atoms with E-state index in [0.717, 1.165) is 0 Å². The van der Waals surface area contributed by atoms with Crippen LogP contribution >= 0.6 is 0 Å². The maximum Gasteiger partial charge on any atom is 0.162 e. The molecule has 2 aromatic carbocycles. The zero-order valence-corrected chi connectivity index (χ0v) is 11.7. The van der Waals surface area contributed by atoms with E-state index in [9.17, 15) is 0 Å². The van der Waals surface area contributed by atoms with E-state index in [1.165, 1.54) is 7.11 Å². The number of methoxy groups -OCH3 is 1. The van der Waals surface area contributed by atoms with Crippen LogP contribution in [0.1, 0.15) is 5.56 Å². The zero-order valence-electron chi connectivity index (χ0n) is 11.7. The predicted molar refractivity (Wildman–Crippen MR) is 79.6 cm³/mol. The standard InChI is InChI=1S/C16H16N2O3/c1-19-16-9-12(11-17)5-6-15(16)21-8-7-20-14-4-2-3-13(18)10-14/h2-6,9-10H,7-8,18H2,1H3. The molecule has 0 aliphatic carbocycles. The van der Waals surface area contributed by atoms with E-state index in [4.69, 9.17) is 25.2 Å². The molecular weight excluding hydrogens is 268 g/mol. The van der Waals surface area contributed by atoms with Gasteiger partial charge in [0.2, 0.25) is 0 Å². The van der Waals surface area contributed by atoms with E-state index in [1.807, 2.05) is 12.1 Å². The molecule has 0 aromatic heterocycles. The third-order valence-corrected chi connectivity index (χ3v) is 2.76. The van der Waals surface area contributed by atoms with Crippen LogP contribution in [0.25, 0.3) is 0 Å². The smallest absolute Gasteiger partial charge is 0.162 e. The lowest BCUT2D eigenvalue weighted by Gasteiger charge is -2.11. The second-order valence-electron chi connectivity index (χ2n) is 4.25. The molecule has 0 spiro atoms. The number of hydrogen-bond acceptors (Lipinski definition) is 5. The van der Waals surface area contributed by atoms with Crippen molar-refractivity contribution in [2.24, 2.45) is 0 Å². The molecule has 0 radical (unpaired) electrons. The van der Waals surface area contributed by atoms with Gasteiger partial charge in [-0.1, -0.05) is 6.07 Å². The van der Waals surface area contributed by atoms with Gasteiger partial charge in [0.1, 0.15) is 19.0 Å². The number of nitrogens with zero attached hydrogens (tertiary/aromatic N) is 1. The van der Waals surface area contributed by atoms with Gasteiger partial charge in [0.05, 0.1) is 18.7 Å². The van der Waals surface area contributed by atoms with Crippen molar-refractivity contribution < 1.29 is 14.2 Å². The molecular formula is C16H16N2O3. The lowest BCUT2D eigenvalue weighted by Crippen LogP contribution is -2.09. The third kappa shape index (κ3) is 4.05. The van der Waals surface area contributed by atoms with Crippen molar-refractivity contribution in [2.45, 2.75) is 0 Å². The molecule has 108 valence electrons. The summed E-state index contributed by atoms with van der Waals surface area (Å²) in [6, 6.07) is 14.3. The summed E-state index contributed by atoms with van der Waals surface area (Å²) in [6.45, 7) is 0.740. The average Bonchev–Trinajstić information content (AvgIpc) is 2.51. The van der Waals surface area contributed by atoms with E-state index in [2.05, 4.69) is 6.07 Å². The van der Waals surface area contributed by atoms with Crippen molar-refractivity contribution in [1.29, 1.82) is 5.26 Å². The van der Waals surface area contributed by atoms with Gasteiger partial charge in [0, 0.05) is 17.8 Å². The molecule has 0 bridgehead atoms. The van der Waals surface area contributed by atoms with Crippen LogP contribution in [0.15, 0.2) is 42.5 Å². The van der Waals surface area contributed by atoms with Crippen molar-refractivity contribution in [3.63, 3.8) is 0 Å². The number of nitriles is 1. The maximum atomic E-state index is 8.83. The van der Waals surface area contributed by atoms with Crippen molar-refractivity contribution in [1.82, 2.24) is 0 Å². The molecule has 2 aromatic rings. The maximum absolute atomic E-state index is 8.83. The van der Waals surface area contributed by atoms with Crippen molar-refractivity contribution in [2.75, 3.05) is 26.1 Å². The highest BCUT2D eigenvalue weighted by Gasteiger charge is 2.05. The largest absolute Gasteiger partial charge is 0.493 e. The Labute approximate surface area is 123 Å². The molecule has 0 saturated carbocycles. The lowest BCUT2D eigenvalue weighted by molar-refractivity contribution is 0.211. The molecule has 0 aliphatic heterocycles. The highest BCUT2D eigenvalue weighted by atomic mass is 16.5. The van der Waals surface area contributed by atoms with Gasteiger partial charge in [-0.15, -0.1) is 0 Å². The van der Waals surface area contributed by atoms with Gasteiger partial charge in [0.15, 0.2) is 11.5 Å². The Morgan fingerprint density at radius 1 is 1.05 bits per heavy atom. The SMILES string of the molecule is COc1cc(C#N)ccc1OCCOc1cccc(N)c1. The summed E-state index contributed by atoms with van der Waals surface area (Å²) in [4.78, 5) is 0. The first-order valence-corrected chi connectivity index (χ1v) is 6.42. The van der Waals surface area contributed by atoms with Crippen LogP contribution in [0.5, 0.6) is 17.2 Å². The van der Waals surface area contributed by atoms with Crippen molar-refractivity contribution in [3.05, 3.63) is 48.0 Å². The van der Waals surface area contributed by atoms with Crippen LogP contribution in [0.4, 0.5) is 5.69 Å². The predicted octanol–water partition coefficient (Wildman–Crippen LogP) is 2.61. The molecule has 2 N–H and O–H groups in total. The first-order chi connectivity index (χ1) is 10.2. The van der Waals surface area contributed by atoms with Gasteiger partial charge in [-0.3, -0.25) is 0 Å². The molecule has 0 heterocycles. The van der Waals surface area contributed by atoms with E-state index in [0.29, 0.717) is 41.7 Å². The van der Waals surface area contributed by atoms with Crippen LogP contribution in [0, 0.1) is 11.3 Å². The number of nitrogens with two attached hydrogens (primary N) is 1. The Balaban J connectivity index is 1.87. The molecule has 2 rings (SSSR count). The fraction of sp³-hybridized carbons (Fsp3) is 0.188. The fourth-order valence-corrected chi connectivity index (χ4v) is 1.77. The van der Waals surface area contributed by atoms with Gasteiger partial charge in [-0.05, 0) is 24.3 Å². The highest BCUT2D eigenvalue weighted by molar-refractivity contribution is 5.46. The summed E-state index contributed by atoms with van der Waals surface area (Å²) < 4.78 is 16.3. The van der Waals surface area contributed by atoms with E-state index >= 15 is 0 Å². The number of hydrogen-bond donors (Lipinski definition) is 1. The molecule has 0 unspecified atom stereocenters. The van der Waals surface area contributed by atoms with Crippen molar-refractivity contribution >= 4 is 5.69 Å². The van der Waals surface area contributed by atoms with E-state index in [1.54, 1.807) is 30.3 Å². The molecule has 0 saturated heterocycles. The Kier molecular flexibility index (Phi) is 4.89. The Morgan fingerprint density at radius 3 is 2.57 bits per heavy atom. The van der Waals surface area contributed by atoms with Gasteiger partial charge >= 0.3 is 0 Å². The zero-order chi connectivity index (χ0) is 15.1. The number of rotatable bonds is 6. The molecule has 5 heteroatoms. The summed E-state index contributed by atoms with van der Waals surface area (Å²) in [5, 5.41) is 8.83. The molecule has 0 amide bonds. The van der Waals surface area contributed by atoms with Gasteiger partial charge < -0.3 is 19.9 Å². The van der Waals surface area contributed by atoms with Crippen LogP contribution in [0.3, 0.4) is 0 Å². The number of anilines is 1. The summed E-state index contributed by atoms with van der Waals surface area (Å²) in [6.07, 6.45) is 0. The van der Waals surface area contributed by atoms with Crippen LogP contribution in [-0.4, -0.2) is 20.3 Å². The Morgan fingerprint density at radius 2 is 1.86 bits per heavy atom. The van der Waals surface area contributed by atoms with Crippen LogP contribution in [-0.2, 0) is 0 Å². The Hall–Kier alpha value is -2.87. The first-order valence-electron chi connectivity index (χ1n) is 6.42. The third-order valence-electron chi connectivity index (χ3n) is 2.76. The second kappa shape index (κ2) is 7.06. The molecule has 21 heavy (non-hydrogen) atoms. The molecule has 5 nitrogen and oxygen atoms in total. The Bertz CT molecular complexity index is 650. The minimum Gasteiger partial charge on any atom is -0.493 e. The lowest BCUT2D eigenvalue weighted by atomic mass is 10.2. The van der Waals surface area contributed by atoms with Crippen LogP contribution in [0.2, 0.25) is 0 Å². The van der Waals surface area contributed by atoms with Gasteiger partial charge in [-0.25, -0.2) is 0 Å². The van der Waals surface area contributed by atoms with Crippen LogP contribution < -0.4 is 19.9 Å². The molecule has 0 fully saturated rings. The van der Waals surface area contributed by atoms with E-state index in [-0.39, 0.29) is 0 Å². The fourth-order valence-electron chi connectivity index (χ4n) is 1.77. The summed E-state index contributed by atoms with van der Waals surface area (Å²) in [5.41, 5.74) is 6.84. The monoisotopic (exact) mass is 284 g/mol. The molecule has 0 atom stereocenters. The van der Waals surface area contributed by atoms with Gasteiger partial charge in [-0.2, -0.15) is 5.26 Å². The minimum atomic E-state index is 0.358. The summed E-state index contributed by atoms with van der Waals surface area (Å²) >= 11 is 0. The topological polar surface area (TPSA) is 77.5 Å². The number of ether oxygens (including phenoxy) is 3. The summed E-state index contributed by atoms with van der Waals surface area (Å²) in [5.74, 6) is 1.80. The summed E-state index contributed by atoms with van der Waals surface area (Å²) in [7, 11) is 1.53. The number of nitrogen functional groups attached to an aromatic ring is 1. The second-order valence-corrected chi connectivity index (χ2v) is 4.25. The minimum absolute atomic E-state index is 0.358. The first kappa shape index (κ1) is 14.5. The highest BCUT2D eigenvalue weighted by Crippen LogP contribution is 2.27. The van der Waals surface area contributed by atoms with Gasteiger partial charge in [0.25, 0.3) is 0 Å². The molecule has 0 aliphatic rings. The van der Waals surface area contributed by atoms with Crippen molar-refractivity contribution in [3.8, 4) is 23.3 Å². The van der Waals surface area contributed by atoms with E-state index < -0.39 is 0 Å². The average molecular weight is 284 g/mol. The quantitative estimate of drug-likeness (QED) is 0.651.